The maximum Gasteiger partial charge on any atom is 0.326 e. The van der Waals surface area contributed by atoms with Crippen molar-refractivity contribution in [3.63, 3.8) is 0 Å². The molecule has 28 heavy (non-hydrogen) atoms. The van der Waals surface area contributed by atoms with Gasteiger partial charge in [-0.25, -0.2) is 14.8 Å². The van der Waals surface area contributed by atoms with Crippen LogP contribution in [0.25, 0.3) is 22.1 Å². The third kappa shape index (κ3) is 2.63. The number of benzene rings is 1. The lowest BCUT2D eigenvalue weighted by Gasteiger charge is -2.22. The fourth-order valence-electron chi connectivity index (χ4n) is 3.84. The summed E-state index contributed by atoms with van der Waals surface area (Å²) < 4.78 is 6.02. The molecule has 4 heterocycles. The Morgan fingerprint density at radius 2 is 2.18 bits per heavy atom. The van der Waals surface area contributed by atoms with E-state index in [0.29, 0.717) is 41.3 Å². The lowest BCUT2D eigenvalue weighted by molar-refractivity contribution is -0.138. The Morgan fingerprint density at radius 3 is 2.96 bits per heavy atom. The van der Waals surface area contributed by atoms with Gasteiger partial charge in [0.2, 0.25) is 0 Å². The first-order valence-electron chi connectivity index (χ1n) is 9.01. The number of para-hydroxylation sites is 1. The average Bonchev–Trinajstić information content (AvgIpc) is 3.40. The fourth-order valence-corrected chi connectivity index (χ4v) is 3.84. The van der Waals surface area contributed by atoms with Crippen molar-refractivity contribution in [2.45, 2.75) is 25.4 Å². The number of aromatic nitrogens is 4. The van der Waals surface area contributed by atoms with Crippen LogP contribution in [0.2, 0.25) is 0 Å². The van der Waals surface area contributed by atoms with Crippen molar-refractivity contribution in [3.05, 3.63) is 42.4 Å². The van der Waals surface area contributed by atoms with Gasteiger partial charge in [0.05, 0.1) is 6.20 Å². The second-order valence-electron chi connectivity index (χ2n) is 6.92. The third-order valence-corrected chi connectivity index (χ3v) is 5.03. The van der Waals surface area contributed by atoms with E-state index in [0.717, 1.165) is 11.2 Å². The molecule has 0 amide bonds. The van der Waals surface area contributed by atoms with Crippen LogP contribution < -0.4 is 10.2 Å². The molecule has 9 heteroatoms. The zero-order chi connectivity index (χ0) is 19.3. The van der Waals surface area contributed by atoms with E-state index in [9.17, 15) is 9.90 Å². The highest BCUT2D eigenvalue weighted by Crippen LogP contribution is 2.36. The molecule has 1 fully saturated rings. The molecule has 9 nitrogen and oxygen atoms in total. The number of carbonyl (C=O) groups is 1. The Bertz CT molecular complexity index is 1170. The van der Waals surface area contributed by atoms with Gasteiger partial charge in [0, 0.05) is 24.4 Å². The van der Waals surface area contributed by atoms with E-state index < -0.39 is 12.0 Å². The molecule has 1 saturated heterocycles. The van der Waals surface area contributed by atoms with E-state index in [1.54, 1.807) is 18.0 Å². The molecule has 0 aliphatic carbocycles. The van der Waals surface area contributed by atoms with E-state index in [1.165, 1.54) is 0 Å². The molecular weight excluding hydrogens is 360 g/mol. The molecule has 3 N–H and O–H groups in total. The van der Waals surface area contributed by atoms with Crippen molar-refractivity contribution in [2.75, 3.05) is 16.8 Å². The Hall–Kier alpha value is -3.62. The van der Waals surface area contributed by atoms with Crippen LogP contribution in [0.15, 0.2) is 40.9 Å². The number of aliphatic carboxylic acids is 1. The number of aromatic amines is 1. The summed E-state index contributed by atoms with van der Waals surface area (Å²) >= 11 is 0. The molecule has 5 rings (SSSR count). The van der Waals surface area contributed by atoms with Crippen LogP contribution in [0.3, 0.4) is 0 Å². The van der Waals surface area contributed by atoms with Gasteiger partial charge >= 0.3 is 5.97 Å². The quantitative estimate of drug-likeness (QED) is 0.495. The van der Waals surface area contributed by atoms with Gasteiger partial charge in [0.1, 0.15) is 28.8 Å². The Morgan fingerprint density at radius 1 is 1.32 bits per heavy atom. The largest absolute Gasteiger partial charge is 0.480 e. The first kappa shape index (κ1) is 16.5. The van der Waals surface area contributed by atoms with Crippen LogP contribution in [0.4, 0.5) is 11.6 Å². The number of H-pyrrole nitrogens is 1. The van der Waals surface area contributed by atoms with Crippen LogP contribution in [0, 0.1) is 6.92 Å². The van der Waals surface area contributed by atoms with Crippen molar-refractivity contribution < 1.29 is 14.3 Å². The smallest absolute Gasteiger partial charge is 0.326 e. The highest BCUT2D eigenvalue weighted by atomic mass is 16.4. The predicted octanol–water partition coefficient (Wildman–Crippen LogP) is 2.55. The van der Waals surface area contributed by atoms with Crippen molar-refractivity contribution in [1.29, 1.82) is 0 Å². The summed E-state index contributed by atoms with van der Waals surface area (Å²) in [5, 5.41) is 20.8. The molecule has 2 atom stereocenters. The Kier molecular flexibility index (Phi) is 3.68. The van der Waals surface area contributed by atoms with Crippen molar-refractivity contribution >= 4 is 39.7 Å². The number of fused-ring (bicyclic) bond motifs is 3. The van der Waals surface area contributed by atoms with Gasteiger partial charge in [-0.2, -0.15) is 5.10 Å². The summed E-state index contributed by atoms with van der Waals surface area (Å²) in [4.78, 5) is 22.8. The molecule has 1 aliphatic rings. The first-order chi connectivity index (χ1) is 13.6. The summed E-state index contributed by atoms with van der Waals surface area (Å²) in [7, 11) is 0. The second-order valence-corrected chi connectivity index (χ2v) is 6.92. The number of carboxylic acids is 1. The number of aryl methyl sites for hydroxylation is 1. The molecule has 0 radical (unpaired) electrons. The Balaban J connectivity index is 1.60. The van der Waals surface area contributed by atoms with Crippen LogP contribution in [0.5, 0.6) is 0 Å². The van der Waals surface area contributed by atoms with Crippen LogP contribution in [0.1, 0.15) is 12.2 Å². The number of furan rings is 1. The van der Waals surface area contributed by atoms with Crippen LogP contribution in [-0.2, 0) is 4.79 Å². The van der Waals surface area contributed by atoms with Gasteiger partial charge in [-0.1, -0.05) is 12.1 Å². The minimum atomic E-state index is -0.894. The number of hydrogen-bond acceptors (Lipinski definition) is 7. The molecule has 1 aliphatic heterocycles. The van der Waals surface area contributed by atoms with Gasteiger partial charge in [0.25, 0.3) is 0 Å². The summed E-state index contributed by atoms with van der Waals surface area (Å²) in [5.74, 6) is 0.946. The molecule has 0 saturated carbocycles. The number of rotatable bonds is 4. The number of carboxylic acid groups (broad SMARTS) is 1. The maximum atomic E-state index is 12.0. The van der Waals surface area contributed by atoms with Gasteiger partial charge in [-0.05, 0) is 25.1 Å². The number of hydrogen-bond donors (Lipinski definition) is 3. The molecule has 0 spiro atoms. The van der Waals surface area contributed by atoms with Gasteiger partial charge in [-0.3, -0.25) is 5.10 Å². The molecule has 0 bridgehead atoms. The Labute approximate surface area is 159 Å². The number of nitrogens with one attached hydrogen (secondary N) is 2. The minimum absolute atomic E-state index is 0.0729. The average molecular weight is 378 g/mol. The van der Waals surface area contributed by atoms with Crippen LogP contribution >= 0.6 is 0 Å². The van der Waals surface area contributed by atoms with E-state index in [1.807, 2.05) is 30.3 Å². The normalized spacial score (nSPS) is 19.5. The minimum Gasteiger partial charge on any atom is -0.480 e. The molecule has 3 aromatic heterocycles. The lowest BCUT2D eigenvalue weighted by Crippen LogP contribution is -2.37. The zero-order valence-electron chi connectivity index (χ0n) is 15.1. The maximum absolute atomic E-state index is 12.0. The summed E-state index contributed by atoms with van der Waals surface area (Å²) in [6.45, 7) is 2.27. The zero-order valence-corrected chi connectivity index (χ0v) is 15.1. The SMILES string of the molecule is Cc1nc(N2C[C@@H](Nc3ccn[nH]3)C[C@H]2C(=O)O)c2oc3ccccc3c2n1. The summed E-state index contributed by atoms with van der Waals surface area (Å²) in [6.07, 6.45) is 2.08. The first-order valence-corrected chi connectivity index (χ1v) is 9.01. The second kappa shape index (κ2) is 6.22. The van der Waals surface area contributed by atoms with E-state index in [2.05, 4.69) is 25.5 Å². The number of nitrogens with zero attached hydrogens (tertiary/aromatic N) is 4. The lowest BCUT2D eigenvalue weighted by atomic mass is 10.1. The van der Waals surface area contributed by atoms with E-state index >= 15 is 0 Å². The molecule has 1 aromatic carbocycles. The van der Waals surface area contributed by atoms with Crippen LogP contribution in [-0.4, -0.2) is 49.9 Å². The molecular formula is C19H18N6O3. The standard InChI is InChI=1S/C19H18N6O3/c1-10-21-16-12-4-2-3-5-14(12)28-17(16)18(22-10)25-9-11(8-13(25)19(26)27)23-15-6-7-20-24-15/h2-7,11,13H,8-9H2,1H3,(H,26,27)(H2,20,23,24)/t11-,13-/m0/s1. The van der Waals surface area contributed by atoms with Crippen molar-refractivity contribution in [1.82, 2.24) is 20.2 Å². The van der Waals surface area contributed by atoms with Crippen molar-refractivity contribution in [2.24, 2.45) is 0 Å². The predicted molar refractivity (Wildman–Crippen MR) is 103 cm³/mol. The molecule has 4 aromatic rings. The van der Waals surface area contributed by atoms with Gasteiger partial charge in [0.15, 0.2) is 11.4 Å². The van der Waals surface area contributed by atoms with Gasteiger partial charge < -0.3 is 19.7 Å². The molecule has 0 unspecified atom stereocenters. The fraction of sp³-hybridized carbons (Fsp3) is 0.263. The topological polar surface area (TPSA) is 120 Å². The summed E-state index contributed by atoms with van der Waals surface area (Å²) in [5.41, 5.74) is 1.92. The summed E-state index contributed by atoms with van der Waals surface area (Å²) in [6, 6.07) is 8.66. The van der Waals surface area contributed by atoms with E-state index in [-0.39, 0.29) is 6.04 Å². The highest BCUT2D eigenvalue weighted by Gasteiger charge is 2.39. The monoisotopic (exact) mass is 378 g/mol. The number of anilines is 2. The van der Waals surface area contributed by atoms with Gasteiger partial charge in [-0.15, -0.1) is 0 Å². The van der Waals surface area contributed by atoms with Crippen molar-refractivity contribution in [3.8, 4) is 0 Å². The third-order valence-electron chi connectivity index (χ3n) is 5.03. The van der Waals surface area contributed by atoms with E-state index in [4.69, 9.17) is 4.42 Å². The highest BCUT2D eigenvalue weighted by molar-refractivity contribution is 6.06. The molecule has 142 valence electrons.